The van der Waals surface area contributed by atoms with Crippen LogP contribution in [0.25, 0.3) is 0 Å². The van der Waals surface area contributed by atoms with Crippen molar-refractivity contribution < 1.29 is 32.2 Å². The number of benzene rings is 1. The van der Waals surface area contributed by atoms with E-state index in [1.165, 1.54) is 26.0 Å². The first-order chi connectivity index (χ1) is 15.1. The van der Waals surface area contributed by atoms with Gasteiger partial charge in [-0.05, 0) is 38.8 Å². The monoisotopic (exact) mass is 453 g/mol. The van der Waals surface area contributed by atoms with Gasteiger partial charge in [-0.1, -0.05) is 0 Å². The number of aliphatic imine (C=N–C) groups is 3. The molecule has 3 N–H and O–H groups in total. The number of hydrogen-bond acceptors (Lipinski definition) is 8. The number of amidine groups is 1. The Bertz CT molecular complexity index is 1010. The van der Waals surface area contributed by atoms with Crippen LogP contribution < -0.4 is 11.1 Å². The highest BCUT2D eigenvalue weighted by molar-refractivity contribution is 6.42. The van der Waals surface area contributed by atoms with Crippen molar-refractivity contribution in [2.75, 3.05) is 25.4 Å². The van der Waals surface area contributed by atoms with Crippen LogP contribution in [-0.4, -0.2) is 56.2 Å². The lowest BCUT2D eigenvalue weighted by Crippen LogP contribution is -2.67. The third kappa shape index (κ3) is 4.31. The van der Waals surface area contributed by atoms with E-state index >= 15 is 4.39 Å². The molecule has 3 rings (SSSR count). The van der Waals surface area contributed by atoms with E-state index < -0.39 is 35.9 Å². The minimum Gasteiger partial charge on any atom is -0.451 e. The second kappa shape index (κ2) is 8.99. The van der Waals surface area contributed by atoms with Crippen molar-refractivity contribution >= 4 is 30.0 Å². The first-order valence-electron chi connectivity index (χ1n) is 9.43. The van der Waals surface area contributed by atoms with Gasteiger partial charge in [-0.15, -0.1) is 0 Å². The first kappa shape index (κ1) is 23.3. The van der Waals surface area contributed by atoms with Crippen molar-refractivity contribution in [1.82, 2.24) is 0 Å². The molecule has 0 saturated carbocycles. The Labute approximate surface area is 181 Å². The van der Waals surface area contributed by atoms with Gasteiger partial charge in [0, 0.05) is 11.3 Å². The van der Waals surface area contributed by atoms with Crippen molar-refractivity contribution in [1.29, 1.82) is 0 Å². The lowest BCUT2D eigenvalue weighted by atomic mass is 9.76. The number of hydrogen-bond donors (Lipinski definition) is 2. The van der Waals surface area contributed by atoms with E-state index in [0.29, 0.717) is 0 Å². The van der Waals surface area contributed by atoms with Gasteiger partial charge in [0.25, 0.3) is 11.9 Å². The quantitative estimate of drug-likeness (QED) is 0.485. The van der Waals surface area contributed by atoms with Crippen molar-refractivity contribution in [3.8, 4) is 0 Å². The molecule has 2 aliphatic rings. The van der Waals surface area contributed by atoms with Gasteiger partial charge in [0.05, 0.1) is 19.4 Å². The lowest BCUT2D eigenvalue weighted by molar-refractivity contribution is -0.221. The molecule has 0 unspecified atom stereocenters. The maximum absolute atomic E-state index is 15.5. The summed E-state index contributed by atoms with van der Waals surface area (Å²) in [6.45, 7) is 4.74. The van der Waals surface area contributed by atoms with Crippen LogP contribution in [-0.2, 0) is 24.5 Å². The molecular formula is C20H22F3N5O4. The third-order valence-corrected chi connectivity index (χ3v) is 5.12. The van der Waals surface area contributed by atoms with Gasteiger partial charge in [-0.2, -0.15) is 0 Å². The number of alkyl halides is 2. The van der Waals surface area contributed by atoms with Gasteiger partial charge in [0.1, 0.15) is 17.1 Å². The highest BCUT2D eigenvalue weighted by Gasteiger charge is 2.61. The molecule has 2 atom stereocenters. The average Bonchev–Trinajstić information content (AvgIpc) is 2.73. The summed E-state index contributed by atoms with van der Waals surface area (Å²) in [6.07, 6.45) is -0.739. The summed E-state index contributed by atoms with van der Waals surface area (Å²) in [5.74, 6) is -1.60. The minimum absolute atomic E-state index is 0.0343. The molecule has 12 heteroatoms. The molecule has 32 heavy (non-hydrogen) atoms. The van der Waals surface area contributed by atoms with E-state index in [-0.39, 0.29) is 42.1 Å². The van der Waals surface area contributed by atoms with Gasteiger partial charge in [0.2, 0.25) is 12.7 Å². The molecule has 0 bridgehead atoms. The van der Waals surface area contributed by atoms with Crippen molar-refractivity contribution in [3.05, 3.63) is 41.7 Å². The molecule has 0 aromatic heterocycles. The first-order valence-corrected chi connectivity index (χ1v) is 9.43. The van der Waals surface area contributed by atoms with E-state index in [2.05, 4.69) is 31.7 Å². The van der Waals surface area contributed by atoms with Crippen LogP contribution in [0.4, 0.5) is 18.9 Å². The predicted octanol–water partition coefficient (Wildman–Crippen LogP) is 2.34. The molecular weight excluding hydrogens is 431 g/mol. The van der Waals surface area contributed by atoms with E-state index in [1.54, 1.807) is 0 Å². The van der Waals surface area contributed by atoms with Crippen LogP contribution >= 0.6 is 0 Å². The minimum atomic E-state index is -1.76. The van der Waals surface area contributed by atoms with Crippen LogP contribution in [0.1, 0.15) is 19.4 Å². The summed E-state index contributed by atoms with van der Waals surface area (Å²) in [7, 11) is 0. The molecule has 9 nitrogen and oxygen atoms in total. The maximum Gasteiger partial charge on any atom is 0.283 e. The van der Waals surface area contributed by atoms with Crippen LogP contribution in [0.2, 0.25) is 0 Å². The van der Waals surface area contributed by atoms with E-state index in [1.807, 2.05) is 0 Å². The van der Waals surface area contributed by atoms with Crippen LogP contribution in [0.3, 0.4) is 0 Å². The normalized spacial score (nSPS) is 24.8. The van der Waals surface area contributed by atoms with Crippen LogP contribution in [0, 0.1) is 5.82 Å². The SMILES string of the molecule is C=N/C(=C\N=C(C)C(=O)Nc1ccc(F)c([C@@]2(C)N=C(N)OC3(COC3)[C@@H]2F)c1)OCF. The fraction of sp³-hybridized carbons (Fsp3) is 0.400. The molecule has 0 radical (unpaired) electrons. The largest absolute Gasteiger partial charge is 0.451 e. The number of anilines is 1. The Balaban J connectivity index is 1.87. The lowest BCUT2D eigenvalue weighted by Gasteiger charge is -2.50. The number of halogens is 3. The highest BCUT2D eigenvalue weighted by Crippen LogP contribution is 2.45. The number of amides is 1. The number of rotatable bonds is 7. The zero-order chi connectivity index (χ0) is 23.5. The number of carbonyl (C=O) groups is 1. The molecule has 172 valence electrons. The van der Waals surface area contributed by atoms with Crippen LogP contribution in [0.5, 0.6) is 0 Å². The summed E-state index contributed by atoms with van der Waals surface area (Å²) in [5.41, 5.74) is 2.69. The van der Waals surface area contributed by atoms with Gasteiger partial charge in [0.15, 0.2) is 11.8 Å². The molecule has 1 aromatic carbocycles. The van der Waals surface area contributed by atoms with E-state index in [9.17, 15) is 13.6 Å². The summed E-state index contributed by atoms with van der Waals surface area (Å²) in [4.78, 5) is 23.7. The molecule has 1 fully saturated rings. The number of nitrogens with one attached hydrogen (secondary N) is 1. The Morgan fingerprint density at radius 1 is 1.50 bits per heavy atom. The highest BCUT2D eigenvalue weighted by atomic mass is 19.1. The molecule has 1 aromatic rings. The zero-order valence-corrected chi connectivity index (χ0v) is 17.4. The summed E-state index contributed by atoms with van der Waals surface area (Å²) < 4.78 is 57.3. The van der Waals surface area contributed by atoms with E-state index in [0.717, 1.165) is 12.3 Å². The molecule has 2 aliphatic heterocycles. The standard InChI is InChI=1S/C20H22F3N5O4/c1-11(26-7-15(25-3)31-10-21)16(29)27-12-4-5-14(22)13(6-12)19(2)17(23)20(8-30-9-20)32-18(24)28-19/h4-7,17H,3,8-10H2,1-2H3,(H2,24,28)(H,27,29)/b15-7+,26-11?/t17-,19-/m1/s1. The zero-order valence-electron chi connectivity index (χ0n) is 17.4. The molecule has 0 aliphatic carbocycles. The average molecular weight is 453 g/mol. The predicted molar refractivity (Wildman–Crippen MR) is 111 cm³/mol. The van der Waals surface area contributed by atoms with Gasteiger partial charge >= 0.3 is 0 Å². The number of ether oxygens (including phenoxy) is 3. The number of nitrogens with two attached hydrogens (primary N) is 1. The van der Waals surface area contributed by atoms with Gasteiger partial charge in [-0.25, -0.2) is 23.2 Å². The summed E-state index contributed by atoms with van der Waals surface area (Å²) in [5, 5.41) is 2.53. The van der Waals surface area contributed by atoms with Crippen molar-refractivity contribution in [3.63, 3.8) is 0 Å². The maximum atomic E-state index is 15.5. The summed E-state index contributed by atoms with van der Waals surface area (Å²) >= 11 is 0. The van der Waals surface area contributed by atoms with Gasteiger partial charge in [-0.3, -0.25) is 9.79 Å². The topological polar surface area (TPSA) is 120 Å². The molecule has 1 saturated heterocycles. The number of carbonyl (C=O) groups excluding carboxylic acids is 1. The number of nitrogens with zero attached hydrogens (tertiary/aromatic N) is 3. The third-order valence-electron chi connectivity index (χ3n) is 5.12. The fourth-order valence-corrected chi connectivity index (χ4v) is 3.39. The summed E-state index contributed by atoms with van der Waals surface area (Å²) in [6, 6.07) is 3.36. The van der Waals surface area contributed by atoms with E-state index in [4.69, 9.17) is 15.2 Å². The van der Waals surface area contributed by atoms with Crippen LogP contribution in [0.15, 0.2) is 45.3 Å². The smallest absolute Gasteiger partial charge is 0.283 e. The van der Waals surface area contributed by atoms with Crippen molar-refractivity contribution in [2.45, 2.75) is 31.2 Å². The van der Waals surface area contributed by atoms with Gasteiger partial charge < -0.3 is 25.3 Å². The second-order valence-corrected chi connectivity index (χ2v) is 7.36. The molecule has 1 amide bonds. The Morgan fingerprint density at radius 3 is 2.81 bits per heavy atom. The second-order valence-electron chi connectivity index (χ2n) is 7.36. The van der Waals surface area contributed by atoms with Crippen molar-refractivity contribution in [2.24, 2.45) is 20.7 Å². The Morgan fingerprint density at radius 2 is 2.22 bits per heavy atom. The Hall–Kier alpha value is -3.41. The molecule has 1 spiro atoms. The Kier molecular flexibility index (Phi) is 6.53. The molecule has 2 heterocycles. The fourth-order valence-electron chi connectivity index (χ4n) is 3.39.